The molecule has 0 bridgehead atoms. The summed E-state index contributed by atoms with van der Waals surface area (Å²) >= 11 is 0. The van der Waals surface area contributed by atoms with Crippen LogP contribution in [0.15, 0.2) is 0 Å². The molecule has 5 aliphatic rings. The lowest BCUT2D eigenvalue weighted by molar-refractivity contribution is -0.316. The van der Waals surface area contributed by atoms with Crippen LogP contribution in [0.2, 0.25) is 0 Å². The Morgan fingerprint density at radius 3 is 2.35 bits per heavy atom. The van der Waals surface area contributed by atoms with Crippen LogP contribution < -0.4 is 0 Å². The average Bonchev–Trinajstić information content (AvgIpc) is 3.24. The number of Topliss-reactive ketones (excluding diaryl/α,β-unsaturated/α-hetero) is 1. The van der Waals surface area contributed by atoms with Crippen LogP contribution in [0.3, 0.4) is 0 Å². The second-order valence-electron chi connectivity index (χ2n) is 15.9. The molecule has 0 aromatic carbocycles. The first kappa shape index (κ1) is 33.7. The molecule has 7 N–H and O–H groups in total. The zero-order chi connectivity index (χ0) is 31.7. The molecular weight excluding hydrogens is 556 g/mol. The molecule has 4 aliphatic carbocycles. The van der Waals surface area contributed by atoms with E-state index in [2.05, 4.69) is 27.7 Å². The van der Waals surface area contributed by atoms with Crippen LogP contribution in [0.25, 0.3) is 0 Å². The summed E-state index contributed by atoms with van der Waals surface area (Å²) in [7, 11) is 0. The van der Waals surface area contributed by atoms with Gasteiger partial charge in [-0.25, -0.2) is 0 Å². The standard InChI is InChI=1S/C33H56O10/c1-17(2)6-7-25(36)32(5,40)24-10-13-33(41)20-15-22(35)21-14-18(8-11-30(21,3)19(20)9-12-31(24,33)4)42-29-28(39)27(38)26(37)23(16-34)43-29/h17-21,23-29,34,36-41H,6-16H2,1-5H3/t18-,19-,20+,21+,23+,24-,25+,26+,27+,28+,29+,30+,31+,32?,33+/m0/s1. The molecule has 1 unspecified atom stereocenters. The van der Waals surface area contributed by atoms with E-state index in [0.29, 0.717) is 50.9 Å². The van der Waals surface area contributed by atoms with E-state index in [1.54, 1.807) is 6.92 Å². The van der Waals surface area contributed by atoms with Crippen molar-refractivity contribution in [3.63, 3.8) is 0 Å². The van der Waals surface area contributed by atoms with Crippen LogP contribution in [0.1, 0.15) is 98.8 Å². The largest absolute Gasteiger partial charge is 0.394 e. The van der Waals surface area contributed by atoms with Crippen molar-refractivity contribution in [2.75, 3.05) is 6.61 Å². The molecule has 5 fully saturated rings. The van der Waals surface area contributed by atoms with Gasteiger partial charge in [0.25, 0.3) is 0 Å². The van der Waals surface area contributed by atoms with Crippen molar-refractivity contribution in [3.8, 4) is 0 Å². The molecule has 5 rings (SSSR count). The molecule has 248 valence electrons. The Hall–Kier alpha value is -0.690. The van der Waals surface area contributed by atoms with Gasteiger partial charge in [-0.15, -0.1) is 0 Å². The quantitative estimate of drug-likeness (QED) is 0.200. The van der Waals surface area contributed by atoms with E-state index in [9.17, 15) is 40.5 Å². The molecule has 0 aromatic rings. The SMILES string of the molecule is CC(C)CC[C@@H](O)C(C)(O)[C@H]1CC[C@@]2(O)[C@@H]3CC(=O)[C@H]4C[C@@H](O[C@@H]5O[C@H](CO)[C@@H](O)[C@@H](O)[C@H]5O)CC[C@]4(C)[C@H]3CC[C@]12C. The Morgan fingerprint density at radius 1 is 1.00 bits per heavy atom. The highest BCUT2D eigenvalue weighted by Gasteiger charge is 2.71. The van der Waals surface area contributed by atoms with Crippen LogP contribution in [0.5, 0.6) is 0 Å². The summed E-state index contributed by atoms with van der Waals surface area (Å²) in [5.74, 6) is -0.167. The Balaban J connectivity index is 1.31. The molecule has 15 atom stereocenters. The maximum atomic E-state index is 13.9. The monoisotopic (exact) mass is 612 g/mol. The van der Waals surface area contributed by atoms with Crippen molar-refractivity contribution < 1.29 is 50.0 Å². The smallest absolute Gasteiger partial charge is 0.186 e. The highest BCUT2D eigenvalue weighted by atomic mass is 16.7. The summed E-state index contributed by atoms with van der Waals surface area (Å²) in [6, 6.07) is 0. The Labute approximate surface area is 255 Å². The van der Waals surface area contributed by atoms with Crippen molar-refractivity contribution in [2.24, 2.45) is 40.4 Å². The zero-order valence-electron chi connectivity index (χ0n) is 26.6. The highest BCUT2D eigenvalue weighted by Crippen LogP contribution is 2.70. The number of carbonyl (C=O) groups excluding carboxylic acids is 1. The van der Waals surface area contributed by atoms with Gasteiger partial charge in [-0.05, 0) is 93.8 Å². The van der Waals surface area contributed by atoms with Gasteiger partial charge in [0.1, 0.15) is 30.2 Å². The molecule has 0 amide bonds. The molecule has 1 heterocycles. The lowest BCUT2D eigenvalue weighted by Crippen LogP contribution is -2.66. The van der Waals surface area contributed by atoms with Gasteiger partial charge in [-0.1, -0.05) is 27.7 Å². The Kier molecular flexibility index (Phi) is 9.27. The van der Waals surface area contributed by atoms with Gasteiger partial charge in [0.2, 0.25) is 0 Å². The normalized spacial score (nSPS) is 50.5. The average molecular weight is 613 g/mol. The van der Waals surface area contributed by atoms with E-state index >= 15 is 0 Å². The molecule has 0 aromatic heterocycles. The van der Waals surface area contributed by atoms with Crippen LogP contribution in [0.4, 0.5) is 0 Å². The molecule has 10 nitrogen and oxygen atoms in total. The molecule has 10 heteroatoms. The first-order valence-corrected chi connectivity index (χ1v) is 16.6. The van der Waals surface area contributed by atoms with Crippen molar-refractivity contribution in [3.05, 3.63) is 0 Å². The second kappa shape index (κ2) is 11.8. The van der Waals surface area contributed by atoms with Crippen LogP contribution in [-0.2, 0) is 14.3 Å². The minimum atomic E-state index is -1.52. The van der Waals surface area contributed by atoms with Gasteiger partial charge in [0.05, 0.1) is 30.0 Å². The third-order valence-corrected chi connectivity index (χ3v) is 13.2. The maximum Gasteiger partial charge on any atom is 0.186 e. The van der Waals surface area contributed by atoms with E-state index in [4.69, 9.17) is 9.47 Å². The molecule has 4 saturated carbocycles. The van der Waals surface area contributed by atoms with E-state index in [-0.39, 0.29) is 41.3 Å². The summed E-state index contributed by atoms with van der Waals surface area (Å²) in [6.45, 7) is 9.62. The van der Waals surface area contributed by atoms with Crippen molar-refractivity contribution >= 4 is 5.78 Å². The van der Waals surface area contributed by atoms with Crippen molar-refractivity contribution in [1.29, 1.82) is 0 Å². The van der Waals surface area contributed by atoms with Crippen LogP contribution >= 0.6 is 0 Å². The lowest BCUT2D eigenvalue weighted by Gasteiger charge is -2.63. The minimum absolute atomic E-state index is 0.0932. The zero-order valence-corrected chi connectivity index (χ0v) is 26.6. The number of aliphatic hydroxyl groups excluding tert-OH is 5. The van der Waals surface area contributed by atoms with E-state index < -0.39 is 66.1 Å². The predicted molar refractivity (Wildman–Crippen MR) is 156 cm³/mol. The fraction of sp³-hybridized carbons (Fsp3) is 0.970. The number of hydrogen-bond acceptors (Lipinski definition) is 10. The number of carbonyl (C=O) groups is 1. The summed E-state index contributed by atoms with van der Waals surface area (Å²) < 4.78 is 11.7. The minimum Gasteiger partial charge on any atom is -0.394 e. The predicted octanol–water partition coefficient (Wildman–Crippen LogP) is 1.67. The first-order valence-electron chi connectivity index (χ1n) is 16.6. The van der Waals surface area contributed by atoms with E-state index in [1.807, 2.05) is 0 Å². The molecule has 43 heavy (non-hydrogen) atoms. The topological polar surface area (TPSA) is 177 Å². The maximum absolute atomic E-state index is 13.9. The number of ether oxygens (including phenoxy) is 2. The third kappa shape index (κ3) is 5.34. The Morgan fingerprint density at radius 2 is 1.70 bits per heavy atom. The number of aliphatic hydroxyl groups is 7. The van der Waals surface area contributed by atoms with Crippen molar-refractivity contribution in [1.82, 2.24) is 0 Å². The molecule has 1 saturated heterocycles. The van der Waals surface area contributed by atoms with Crippen molar-refractivity contribution in [2.45, 2.75) is 153 Å². The number of rotatable bonds is 8. The van der Waals surface area contributed by atoms with Gasteiger partial charge >= 0.3 is 0 Å². The molecule has 1 aliphatic heterocycles. The molecular formula is C33H56O10. The summed E-state index contributed by atoms with van der Waals surface area (Å²) in [5.41, 5.74) is -3.42. The summed E-state index contributed by atoms with van der Waals surface area (Å²) in [5, 5.41) is 75.7. The number of ketones is 1. The fourth-order valence-corrected chi connectivity index (χ4v) is 10.4. The fourth-order valence-electron chi connectivity index (χ4n) is 10.4. The van der Waals surface area contributed by atoms with Crippen LogP contribution in [-0.4, -0.2) is 102 Å². The third-order valence-electron chi connectivity index (χ3n) is 13.2. The number of hydrogen-bond donors (Lipinski definition) is 7. The van der Waals surface area contributed by atoms with E-state index in [0.717, 1.165) is 12.8 Å². The van der Waals surface area contributed by atoms with Gasteiger partial charge in [0, 0.05) is 17.8 Å². The highest BCUT2D eigenvalue weighted by molar-refractivity contribution is 5.83. The Bertz CT molecular complexity index is 1020. The summed E-state index contributed by atoms with van der Waals surface area (Å²) in [6.07, 6.45) is -2.10. The van der Waals surface area contributed by atoms with E-state index in [1.165, 1.54) is 0 Å². The second-order valence-corrected chi connectivity index (χ2v) is 15.9. The lowest BCUT2D eigenvalue weighted by atomic mass is 9.42. The first-order chi connectivity index (χ1) is 20.0. The molecule has 0 radical (unpaired) electrons. The summed E-state index contributed by atoms with van der Waals surface area (Å²) in [4.78, 5) is 13.9. The van der Waals surface area contributed by atoms with Gasteiger partial charge in [-0.2, -0.15) is 0 Å². The van der Waals surface area contributed by atoms with Gasteiger partial charge < -0.3 is 45.2 Å². The van der Waals surface area contributed by atoms with Gasteiger partial charge in [-0.3, -0.25) is 4.79 Å². The van der Waals surface area contributed by atoms with Crippen LogP contribution in [0, 0.1) is 40.4 Å². The number of fused-ring (bicyclic) bond motifs is 5. The molecule has 0 spiro atoms. The van der Waals surface area contributed by atoms with Gasteiger partial charge in [0.15, 0.2) is 6.29 Å².